The van der Waals surface area contributed by atoms with Gasteiger partial charge in [0.1, 0.15) is 5.60 Å². The number of hydrogen-bond donors (Lipinski definition) is 2. The van der Waals surface area contributed by atoms with Crippen LogP contribution in [0.25, 0.3) is 6.08 Å². The number of ketones is 1. The summed E-state index contributed by atoms with van der Waals surface area (Å²) in [5.74, 6) is 0.610. The third kappa shape index (κ3) is 3.25. The second kappa shape index (κ2) is 7.98. The van der Waals surface area contributed by atoms with Gasteiger partial charge in [-0.25, -0.2) is 9.97 Å². The highest BCUT2D eigenvalue weighted by Gasteiger charge is 2.68. The van der Waals surface area contributed by atoms with Crippen molar-refractivity contribution in [1.82, 2.24) is 19.7 Å². The minimum absolute atomic E-state index is 0.120. The zero-order chi connectivity index (χ0) is 24.6. The highest BCUT2D eigenvalue weighted by Crippen LogP contribution is 2.67. The van der Waals surface area contributed by atoms with Gasteiger partial charge in [-0.3, -0.25) is 9.48 Å². The first-order valence-corrected chi connectivity index (χ1v) is 13.7. The van der Waals surface area contributed by atoms with Crippen LogP contribution in [-0.4, -0.2) is 53.2 Å². The Balaban J connectivity index is 1.28. The van der Waals surface area contributed by atoms with E-state index in [0.717, 1.165) is 25.7 Å². The maximum Gasteiger partial charge on any atom is 0.187 e. The minimum Gasteiger partial charge on any atom is -0.393 e. The molecule has 0 amide bonds. The molecular weight excluding hydrogens is 460 g/mol. The topological polar surface area (TPSA) is 101 Å². The Morgan fingerprint density at radius 3 is 2.80 bits per heavy atom. The highest BCUT2D eigenvalue weighted by molar-refractivity contribution is 7.99. The van der Waals surface area contributed by atoms with E-state index >= 15 is 0 Å². The first-order chi connectivity index (χ1) is 16.7. The molecule has 7 nitrogen and oxygen atoms in total. The van der Waals surface area contributed by atoms with Gasteiger partial charge in [-0.15, -0.1) is 0 Å². The maximum absolute atomic E-state index is 13.5. The van der Waals surface area contributed by atoms with Gasteiger partial charge in [0, 0.05) is 24.9 Å². The lowest BCUT2D eigenvalue weighted by molar-refractivity contribution is -0.177. The van der Waals surface area contributed by atoms with Crippen LogP contribution in [-0.2, 0) is 18.3 Å². The van der Waals surface area contributed by atoms with Gasteiger partial charge in [0.15, 0.2) is 10.9 Å². The summed E-state index contributed by atoms with van der Waals surface area (Å²) in [4.78, 5) is 21.9. The number of aliphatic hydroxyl groups excluding tert-OH is 1. The van der Waals surface area contributed by atoms with E-state index in [2.05, 4.69) is 35.0 Å². The van der Waals surface area contributed by atoms with Crippen LogP contribution in [0.3, 0.4) is 0 Å². The number of carbonyl (C=O) groups is 1. The van der Waals surface area contributed by atoms with Gasteiger partial charge < -0.3 is 10.2 Å². The highest BCUT2D eigenvalue weighted by atomic mass is 32.2. The molecule has 186 valence electrons. The molecule has 7 atom stereocenters. The van der Waals surface area contributed by atoms with Crippen LogP contribution in [0.1, 0.15) is 57.2 Å². The summed E-state index contributed by atoms with van der Waals surface area (Å²) in [6, 6.07) is 1.74. The van der Waals surface area contributed by atoms with Crippen molar-refractivity contribution >= 4 is 23.6 Å². The van der Waals surface area contributed by atoms with E-state index in [9.17, 15) is 15.0 Å². The molecule has 8 heteroatoms. The van der Waals surface area contributed by atoms with Crippen molar-refractivity contribution in [3.05, 3.63) is 41.5 Å². The molecule has 2 heterocycles. The number of carbonyl (C=O) groups excluding carboxylic acids is 1. The molecule has 6 rings (SSSR count). The summed E-state index contributed by atoms with van der Waals surface area (Å²) in [6.07, 6.45) is 11.7. The average molecular weight is 495 g/mol. The van der Waals surface area contributed by atoms with Crippen LogP contribution in [0.15, 0.2) is 35.4 Å². The molecule has 0 bridgehead atoms. The van der Waals surface area contributed by atoms with E-state index in [0.29, 0.717) is 18.0 Å². The van der Waals surface area contributed by atoms with Crippen molar-refractivity contribution < 1.29 is 15.0 Å². The second-order valence-corrected chi connectivity index (χ2v) is 12.6. The first kappa shape index (κ1) is 23.4. The Bertz CT molecular complexity index is 1200. The molecule has 4 aliphatic carbocycles. The van der Waals surface area contributed by atoms with Crippen molar-refractivity contribution in [2.24, 2.45) is 35.6 Å². The SMILES string of the molecule is Cn1ncc2c1C=C1CCC3C([C@@H](O)CC4(C)C3CC[C@]4(O)C(=O)CSc3ncccn3)C1(C)C2. The van der Waals surface area contributed by atoms with Crippen LogP contribution in [0.2, 0.25) is 0 Å². The molecule has 0 aromatic carbocycles. The number of nitrogens with zero attached hydrogens (tertiary/aromatic N) is 4. The summed E-state index contributed by atoms with van der Waals surface area (Å²) >= 11 is 1.28. The van der Waals surface area contributed by atoms with Crippen LogP contribution < -0.4 is 0 Å². The van der Waals surface area contributed by atoms with Crippen LogP contribution >= 0.6 is 11.8 Å². The van der Waals surface area contributed by atoms with Crippen molar-refractivity contribution in [2.75, 3.05) is 5.75 Å². The number of aromatic nitrogens is 4. The third-order valence-electron chi connectivity index (χ3n) is 10.1. The van der Waals surface area contributed by atoms with E-state index in [1.807, 2.05) is 17.9 Å². The van der Waals surface area contributed by atoms with E-state index < -0.39 is 17.1 Å². The summed E-state index contributed by atoms with van der Waals surface area (Å²) in [6.45, 7) is 4.37. The maximum atomic E-state index is 13.5. The molecule has 2 N–H and O–H groups in total. The second-order valence-electron chi connectivity index (χ2n) is 11.6. The Hall–Kier alpha value is -2.03. The van der Waals surface area contributed by atoms with Gasteiger partial charge in [0.25, 0.3) is 0 Å². The Labute approximate surface area is 210 Å². The van der Waals surface area contributed by atoms with Crippen molar-refractivity contribution in [1.29, 1.82) is 0 Å². The fourth-order valence-corrected chi connectivity index (χ4v) is 9.16. The first-order valence-electron chi connectivity index (χ1n) is 12.7. The molecule has 0 saturated heterocycles. The molecule has 5 unspecified atom stereocenters. The number of allylic oxidation sites excluding steroid dienone is 1. The normalized spacial score (nSPS) is 39.7. The van der Waals surface area contributed by atoms with Gasteiger partial charge in [-0.1, -0.05) is 31.2 Å². The van der Waals surface area contributed by atoms with E-state index in [1.165, 1.54) is 28.6 Å². The van der Waals surface area contributed by atoms with Gasteiger partial charge in [0.05, 0.1) is 23.7 Å². The average Bonchev–Trinajstić information content (AvgIpc) is 3.32. The Morgan fingerprint density at radius 2 is 2.03 bits per heavy atom. The summed E-state index contributed by atoms with van der Waals surface area (Å²) in [5.41, 5.74) is 1.68. The van der Waals surface area contributed by atoms with E-state index in [1.54, 1.807) is 18.5 Å². The van der Waals surface area contributed by atoms with Crippen molar-refractivity contribution in [3.63, 3.8) is 0 Å². The van der Waals surface area contributed by atoms with E-state index in [-0.39, 0.29) is 34.7 Å². The largest absolute Gasteiger partial charge is 0.393 e. The van der Waals surface area contributed by atoms with Gasteiger partial charge in [-0.05, 0) is 79.4 Å². The zero-order valence-electron chi connectivity index (χ0n) is 20.6. The number of aryl methyl sites for hydroxylation is 1. The van der Waals surface area contributed by atoms with Gasteiger partial charge >= 0.3 is 0 Å². The number of Topliss-reactive ketones (excluding diaryl/α,β-unsaturated/α-hetero) is 1. The molecule has 2 aromatic rings. The molecule has 0 aliphatic heterocycles. The number of hydrogen-bond acceptors (Lipinski definition) is 7. The molecule has 0 spiro atoms. The van der Waals surface area contributed by atoms with Crippen LogP contribution in [0, 0.1) is 28.6 Å². The summed E-state index contributed by atoms with van der Waals surface area (Å²) in [5, 5.41) is 28.6. The molecule has 35 heavy (non-hydrogen) atoms. The van der Waals surface area contributed by atoms with Crippen LogP contribution in [0.4, 0.5) is 0 Å². The lowest BCUT2D eigenvalue weighted by Gasteiger charge is -2.60. The predicted octanol–water partition coefficient (Wildman–Crippen LogP) is 3.46. The summed E-state index contributed by atoms with van der Waals surface area (Å²) in [7, 11) is 1.99. The standard InChI is InChI=1S/C27H34N4O3S/c1-25-12-16-14-30-31(3)20(16)11-17(25)5-6-18-19-7-8-27(34,26(19,2)13-21(32)23(18)25)22(33)15-35-24-28-9-4-10-29-24/h4,9-11,14,18-19,21,23,32,34H,5-8,12-13,15H2,1-3H3/t18?,19?,21-,23?,25?,26?,27-/m0/s1. The third-order valence-corrected chi connectivity index (χ3v) is 11.0. The molecule has 3 fully saturated rings. The number of thioether (sulfide) groups is 1. The number of aliphatic hydroxyl groups is 2. The van der Waals surface area contributed by atoms with Gasteiger partial charge in [-0.2, -0.15) is 5.10 Å². The van der Waals surface area contributed by atoms with Crippen LogP contribution in [0.5, 0.6) is 0 Å². The molecule has 2 aromatic heterocycles. The molecular formula is C27H34N4O3S. The van der Waals surface area contributed by atoms with Crippen molar-refractivity contribution in [3.8, 4) is 0 Å². The molecule has 3 saturated carbocycles. The fourth-order valence-electron chi connectivity index (χ4n) is 8.39. The Morgan fingerprint density at radius 1 is 1.26 bits per heavy atom. The molecule has 4 aliphatic rings. The monoisotopic (exact) mass is 494 g/mol. The smallest absolute Gasteiger partial charge is 0.187 e. The zero-order valence-corrected chi connectivity index (χ0v) is 21.5. The quantitative estimate of drug-likeness (QED) is 0.496. The predicted molar refractivity (Wildman–Crippen MR) is 133 cm³/mol. The number of fused-ring (bicyclic) bond motifs is 6. The van der Waals surface area contributed by atoms with E-state index in [4.69, 9.17) is 0 Å². The fraction of sp³-hybridized carbons (Fsp3) is 0.630. The Kier molecular flexibility index (Phi) is 5.33. The van der Waals surface area contributed by atoms with Gasteiger partial charge in [0.2, 0.25) is 0 Å². The number of rotatable bonds is 4. The van der Waals surface area contributed by atoms with Crippen molar-refractivity contribution in [2.45, 2.75) is 69.2 Å². The summed E-state index contributed by atoms with van der Waals surface area (Å²) < 4.78 is 1.95. The molecule has 0 radical (unpaired) electrons. The lowest BCUT2D eigenvalue weighted by Crippen LogP contribution is -2.62. The lowest BCUT2D eigenvalue weighted by atomic mass is 9.45. The minimum atomic E-state index is -1.43.